The molecule has 3 aromatic rings. The number of aryl methyl sites for hydroxylation is 1. The maximum Gasteiger partial charge on any atom is 0.277 e. The van der Waals surface area contributed by atoms with Crippen molar-refractivity contribution in [3.8, 4) is 11.5 Å². The highest BCUT2D eigenvalue weighted by molar-refractivity contribution is 7.99. The fraction of sp³-hybridized carbons (Fsp3) is 0.286. The Morgan fingerprint density at radius 3 is 2.59 bits per heavy atom. The molecule has 2 aromatic carbocycles. The van der Waals surface area contributed by atoms with Crippen molar-refractivity contribution in [1.29, 1.82) is 0 Å². The predicted molar refractivity (Wildman–Crippen MR) is 107 cm³/mol. The molecular weight excluding hydrogens is 358 g/mol. The smallest absolute Gasteiger partial charge is 0.277 e. The fourth-order valence-electron chi connectivity index (χ4n) is 2.71. The van der Waals surface area contributed by atoms with Gasteiger partial charge in [-0.15, -0.1) is 10.2 Å². The van der Waals surface area contributed by atoms with Gasteiger partial charge in [0, 0.05) is 18.2 Å². The van der Waals surface area contributed by atoms with Crippen molar-refractivity contribution in [3.63, 3.8) is 0 Å². The molecule has 0 unspecified atom stereocenters. The van der Waals surface area contributed by atoms with Crippen molar-refractivity contribution < 1.29 is 9.21 Å². The molecule has 0 spiro atoms. The normalized spacial score (nSPS) is 11.0. The van der Waals surface area contributed by atoms with Crippen LogP contribution in [0.25, 0.3) is 11.5 Å². The summed E-state index contributed by atoms with van der Waals surface area (Å²) in [5.74, 6) is 0.785. The van der Waals surface area contributed by atoms with Gasteiger partial charge >= 0.3 is 0 Å². The second-order valence-electron chi connectivity index (χ2n) is 6.63. The van der Waals surface area contributed by atoms with E-state index in [1.807, 2.05) is 80.3 Å². The summed E-state index contributed by atoms with van der Waals surface area (Å²) in [6, 6.07) is 18.0. The molecule has 3 rings (SSSR count). The molecular formula is C21H23N3O2S. The molecule has 0 aliphatic rings. The van der Waals surface area contributed by atoms with Crippen molar-refractivity contribution in [1.82, 2.24) is 15.1 Å². The molecule has 1 amide bonds. The maximum atomic E-state index is 12.7. The Kier molecular flexibility index (Phi) is 6.29. The summed E-state index contributed by atoms with van der Waals surface area (Å²) >= 11 is 1.27. The number of rotatable bonds is 7. The first-order valence-electron chi connectivity index (χ1n) is 8.89. The maximum absolute atomic E-state index is 12.7. The summed E-state index contributed by atoms with van der Waals surface area (Å²) in [6.07, 6.45) is 0. The molecule has 0 saturated carbocycles. The van der Waals surface area contributed by atoms with Crippen molar-refractivity contribution in [2.24, 2.45) is 0 Å². The molecule has 0 saturated heterocycles. The van der Waals surface area contributed by atoms with Crippen LogP contribution >= 0.6 is 11.8 Å². The molecule has 1 heterocycles. The van der Waals surface area contributed by atoms with Crippen LogP contribution in [0.2, 0.25) is 0 Å². The van der Waals surface area contributed by atoms with Crippen LogP contribution in [0.15, 0.2) is 64.2 Å². The highest BCUT2D eigenvalue weighted by Gasteiger charge is 2.19. The largest absolute Gasteiger partial charge is 0.411 e. The van der Waals surface area contributed by atoms with Gasteiger partial charge in [-0.05, 0) is 38.5 Å². The minimum absolute atomic E-state index is 0.0501. The average Bonchev–Trinajstić information content (AvgIpc) is 3.14. The second kappa shape index (κ2) is 8.86. The zero-order valence-electron chi connectivity index (χ0n) is 15.8. The van der Waals surface area contributed by atoms with Gasteiger partial charge in [-0.1, -0.05) is 59.8 Å². The monoisotopic (exact) mass is 381 g/mol. The SMILES string of the molecule is Cc1cccc(-c2nnc(SCC(=O)N(Cc3ccccc3)C(C)C)o2)c1. The summed E-state index contributed by atoms with van der Waals surface area (Å²) in [5.41, 5.74) is 3.13. The van der Waals surface area contributed by atoms with Crippen LogP contribution in [-0.2, 0) is 11.3 Å². The molecule has 0 N–H and O–H groups in total. The van der Waals surface area contributed by atoms with E-state index < -0.39 is 0 Å². The van der Waals surface area contributed by atoms with Gasteiger partial charge in [0.15, 0.2) is 0 Å². The molecule has 0 atom stereocenters. The third-order valence-electron chi connectivity index (χ3n) is 4.13. The van der Waals surface area contributed by atoms with E-state index >= 15 is 0 Å². The van der Waals surface area contributed by atoms with Crippen LogP contribution in [-0.4, -0.2) is 32.8 Å². The highest BCUT2D eigenvalue weighted by atomic mass is 32.2. The first-order valence-corrected chi connectivity index (χ1v) is 9.88. The minimum atomic E-state index is 0.0501. The van der Waals surface area contributed by atoms with Crippen molar-refractivity contribution >= 4 is 17.7 Å². The Morgan fingerprint density at radius 2 is 1.89 bits per heavy atom. The quantitative estimate of drug-likeness (QED) is 0.561. The number of benzene rings is 2. The van der Waals surface area contributed by atoms with Gasteiger partial charge in [0.1, 0.15) is 0 Å². The fourth-order valence-corrected chi connectivity index (χ4v) is 3.36. The standard InChI is InChI=1S/C21H23N3O2S/c1-15(2)24(13-17-9-5-4-6-10-17)19(25)14-27-21-23-22-20(26-21)18-11-7-8-16(3)12-18/h4-12,15H,13-14H2,1-3H3. The van der Waals surface area contributed by atoms with E-state index in [-0.39, 0.29) is 17.7 Å². The molecule has 0 radical (unpaired) electrons. The van der Waals surface area contributed by atoms with Crippen molar-refractivity contribution in [3.05, 3.63) is 65.7 Å². The number of nitrogens with zero attached hydrogens (tertiary/aromatic N) is 3. The van der Waals surface area contributed by atoms with Gasteiger partial charge in [0.05, 0.1) is 5.75 Å². The first kappa shape index (κ1) is 19.2. The van der Waals surface area contributed by atoms with E-state index in [9.17, 15) is 4.79 Å². The number of hydrogen-bond donors (Lipinski definition) is 0. The summed E-state index contributed by atoms with van der Waals surface area (Å²) in [7, 11) is 0. The third-order valence-corrected chi connectivity index (χ3v) is 4.93. The van der Waals surface area contributed by atoms with E-state index in [4.69, 9.17) is 4.42 Å². The van der Waals surface area contributed by atoms with Crippen molar-refractivity contribution in [2.45, 2.75) is 38.6 Å². The summed E-state index contributed by atoms with van der Waals surface area (Å²) < 4.78 is 5.70. The number of carbonyl (C=O) groups is 1. The van der Waals surface area contributed by atoms with Crippen LogP contribution in [0.3, 0.4) is 0 Å². The minimum Gasteiger partial charge on any atom is -0.411 e. The number of aromatic nitrogens is 2. The zero-order chi connectivity index (χ0) is 19.2. The molecule has 0 aliphatic heterocycles. The Labute approximate surface area is 163 Å². The number of amides is 1. The first-order chi connectivity index (χ1) is 13.0. The Balaban J connectivity index is 1.62. The van der Waals surface area contributed by atoms with E-state index in [1.54, 1.807) is 0 Å². The molecule has 6 heteroatoms. The molecule has 0 bridgehead atoms. The van der Waals surface area contributed by atoms with Crippen LogP contribution < -0.4 is 0 Å². The Morgan fingerprint density at radius 1 is 1.11 bits per heavy atom. The van der Waals surface area contributed by atoms with Crippen LogP contribution in [0.5, 0.6) is 0 Å². The zero-order valence-corrected chi connectivity index (χ0v) is 16.6. The van der Waals surface area contributed by atoms with Crippen LogP contribution in [0, 0.1) is 6.92 Å². The topological polar surface area (TPSA) is 59.2 Å². The Hall–Kier alpha value is -2.60. The molecule has 140 valence electrons. The number of thioether (sulfide) groups is 1. The van der Waals surface area contributed by atoms with Gasteiger partial charge in [-0.3, -0.25) is 4.79 Å². The molecule has 27 heavy (non-hydrogen) atoms. The average molecular weight is 382 g/mol. The summed E-state index contributed by atoms with van der Waals surface area (Å²) in [6.45, 7) is 6.65. The molecule has 0 aliphatic carbocycles. The highest BCUT2D eigenvalue weighted by Crippen LogP contribution is 2.24. The molecule has 5 nitrogen and oxygen atoms in total. The number of carbonyl (C=O) groups excluding carboxylic acids is 1. The van der Waals surface area contributed by atoms with Gasteiger partial charge in [-0.2, -0.15) is 0 Å². The van der Waals surface area contributed by atoms with Gasteiger partial charge in [-0.25, -0.2) is 0 Å². The third kappa shape index (κ3) is 5.20. The lowest BCUT2D eigenvalue weighted by atomic mass is 10.1. The predicted octanol–water partition coefficient (Wildman–Crippen LogP) is 4.57. The lowest BCUT2D eigenvalue weighted by Gasteiger charge is -2.26. The van der Waals surface area contributed by atoms with Crippen molar-refractivity contribution in [2.75, 3.05) is 5.75 Å². The second-order valence-corrected chi connectivity index (χ2v) is 7.56. The molecule has 1 aromatic heterocycles. The van der Waals surface area contributed by atoms with Gasteiger partial charge < -0.3 is 9.32 Å². The van der Waals surface area contributed by atoms with E-state index in [1.165, 1.54) is 11.8 Å². The van der Waals surface area contributed by atoms with E-state index in [0.29, 0.717) is 17.7 Å². The lowest BCUT2D eigenvalue weighted by Crippen LogP contribution is -2.37. The van der Waals surface area contributed by atoms with E-state index in [0.717, 1.165) is 16.7 Å². The van der Waals surface area contributed by atoms with Gasteiger partial charge in [0.2, 0.25) is 11.8 Å². The molecule has 0 fully saturated rings. The van der Waals surface area contributed by atoms with Crippen LogP contribution in [0.4, 0.5) is 0 Å². The van der Waals surface area contributed by atoms with Gasteiger partial charge in [0.25, 0.3) is 5.22 Å². The van der Waals surface area contributed by atoms with E-state index in [2.05, 4.69) is 10.2 Å². The Bertz CT molecular complexity index is 893. The number of hydrogen-bond acceptors (Lipinski definition) is 5. The lowest BCUT2D eigenvalue weighted by molar-refractivity contribution is -0.130. The van der Waals surface area contributed by atoms with Crippen LogP contribution in [0.1, 0.15) is 25.0 Å². The summed E-state index contributed by atoms with van der Waals surface area (Å²) in [4.78, 5) is 14.6. The summed E-state index contributed by atoms with van der Waals surface area (Å²) in [5, 5.41) is 8.55.